The topological polar surface area (TPSA) is 80.6 Å². The van der Waals surface area contributed by atoms with Crippen molar-refractivity contribution in [2.24, 2.45) is 0 Å². The Morgan fingerprint density at radius 3 is 2.76 bits per heavy atom. The molecular formula is C21H27N5O3. The van der Waals surface area contributed by atoms with Gasteiger partial charge in [-0.05, 0) is 37.0 Å². The van der Waals surface area contributed by atoms with Crippen molar-refractivity contribution in [2.45, 2.75) is 50.7 Å². The number of fused-ring (bicyclic) bond motifs is 1. The zero-order valence-corrected chi connectivity index (χ0v) is 16.7. The van der Waals surface area contributed by atoms with E-state index in [0.29, 0.717) is 25.9 Å². The van der Waals surface area contributed by atoms with Crippen LogP contribution in [0.1, 0.15) is 31.2 Å². The molecule has 8 nitrogen and oxygen atoms in total. The van der Waals surface area contributed by atoms with Gasteiger partial charge in [0.1, 0.15) is 5.75 Å². The van der Waals surface area contributed by atoms with Crippen LogP contribution in [0.3, 0.4) is 0 Å². The zero-order valence-electron chi connectivity index (χ0n) is 16.7. The van der Waals surface area contributed by atoms with E-state index < -0.39 is 0 Å². The second-order valence-corrected chi connectivity index (χ2v) is 7.67. The highest BCUT2D eigenvalue weighted by atomic mass is 16.5. The molecule has 0 N–H and O–H groups in total. The van der Waals surface area contributed by atoms with Crippen molar-refractivity contribution in [1.82, 2.24) is 24.8 Å². The molecule has 2 atom stereocenters. The average Bonchev–Trinajstić information content (AvgIpc) is 3.44. The minimum atomic E-state index is 0.0201. The van der Waals surface area contributed by atoms with Crippen LogP contribution in [0.25, 0.3) is 0 Å². The summed E-state index contributed by atoms with van der Waals surface area (Å²) in [6.07, 6.45) is 6.91. The second kappa shape index (κ2) is 8.63. The van der Waals surface area contributed by atoms with Gasteiger partial charge in [0.25, 0.3) is 0 Å². The monoisotopic (exact) mass is 397 g/mol. The van der Waals surface area contributed by atoms with E-state index in [-0.39, 0.29) is 23.9 Å². The third kappa shape index (κ3) is 4.26. The van der Waals surface area contributed by atoms with Gasteiger partial charge in [-0.2, -0.15) is 0 Å². The predicted molar refractivity (Wildman–Crippen MR) is 106 cm³/mol. The molecule has 2 amide bonds. The molecule has 2 saturated heterocycles. The van der Waals surface area contributed by atoms with Gasteiger partial charge in [0.2, 0.25) is 11.8 Å². The molecule has 0 radical (unpaired) electrons. The van der Waals surface area contributed by atoms with Gasteiger partial charge in [0, 0.05) is 32.1 Å². The van der Waals surface area contributed by atoms with Gasteiger partial charge in [-0.15, -0.1) is 5.10 Å². The summed E-state index contributed by atoms with van der Waals surface area (Å²) in [5.41, 5.74) is 1.20. The number of likely N-dealkylation sites (tertiary alicyclic amines) is 2. The fourth-order valence-electron chi connectivity index (χ4n) is 4.47. The number of hydrogen-bond donors (Lipinski definition) is 0. The average molecular weight is 397 g/mol. The van der Waals surface area contributed by atoms with Crippen molar-refractivity contribution in [3.05, 3.63) is 42.2 Å². The first-order valence-electron chi connectivity index (χ1n) is 10.2. The summed E-state index contributed by atoms with van der Waals surface area (Å²) in [5, 5.41) is 7.75. The number of hydrogen-bond acceptors (Lipinski definition) is 5. The van der Waals surface area contributed by atoms with Gasteiger partial charge in [-0.3, -0.25) is 14.3 Å². The molecule has 0 spiro atoms. The number of carbonyl (C=O) groups excluding carboxylic acids is 2. The van der Waals surface area contributed by atoms with Crippen LogP contribution in [-0.2, 0) is 22.6 Å². The van der Waals surface area contributed by atoms with E-state index in [9.17, 15) is 9.59 Å². The largest absolute Gasteiger partial charge is 0.497 e. The van der Waals surface area contributed by atoms with Gasteiger partial charge in [0.15, 0.2) is 0 Å². The first-order valence-corrected chi connectivity index (χ1v) is 10.2. The van der Waals surface area contributed by atoms with Crippen molar-refractivity contribution < 1.29 is 14.3 Å². The third-order valence-electron chi connectivity index (χ3n) is 5.99. The Morgan fingerprint density at radius 1 is 1.21 bits per heavy atom. The Bertz CT molecular complexity index is 837. The maximum Gasteiger partial charge on any atom is 0.225 e. The predicted octanol–water partition coefficient (Wildman–Crippen LogP) is 1.51. The quantitative estimate of drug-likeness (QED) is 0.675. The number of nitrogens with zero attached hydrogens (tertiary/aromatic N) is 5. The minimum absolute atomic E-state index is 0.0201. The second-order valence-electron chi connectivity index (χ2n) is 7.67. The maximum atomic E-state index is 12.8. The molecule has 0 aliphatic carbocycles. The summed E-state index contributed by atoms with van der Waals surface area (Å²) < 4.78 is 6.91. The molecule has 1 aromatic heterocycles. The molecule has 2 aliphatic rings. The zero-order chi connectivity index (χ0) is 20.2. The lowest BCUT2D eigenvalue weighted by Crippen LogP contribution is -2.40. The third-order valence-corrected chi connectivity index (χ3v) is 5.99. The highest BCUT2D eigenvalue weighted by Gasteiger charge is 2.47. The van der Waals surface area contributed by atoms with Crippen LogP contribution in [0, 0.1) is 0 Å². The smallest absolute Gasteiger partial charge is 0.225 e. The van der Waals surface area contributed by atoms with E-state index in [1.807, 2.05) is 34.1 Å². The van der Waals surface area contributed by atoms with E-state index in [1.165, 1.54) is 5.56 Å². The van der Waals surface area contributed by atoms with Crippen molar-refractivity contribution >= 4 is 11.8 Å². The maximum absolute atomic E-state index is 12.8. The standard InChI is InChI=1S/C21H27N5O3/c1-29-17-7-5-16(6-8-17)3-2-4-20(27)25-11-9-18-19(25)15-21(28)26(18)14-13-24-12-10-22-23-24/h5-8,10,12,18-19H,2-4,9,11,13-15H2,1H3/t18-,19-/m0/s1. The van der Waals surface area contributed by atoms with Crippen molar-refractivity contribution in [2.75, 3.05) is 20.2 Å². The van der Waals surface area contributed by atoms with Gasteiger partial charge >= 0.3 is 0 Å². The van der Waals surface area contributed by atoms with E-state index >= 15 is 0 Å². The first kappa shape index (κ1) is 19.4. The van der Waals surface area contributed by atoms with E-state index in [0.717, 1.165) is 31.6 Å². The SMILES string of the molecule is COc1ccc(CCCC(=O)N2CC[C@H]3[C@@H]2CC(=O)N3CCn2ccnn2)cc1. The first-order chi connectivity index (χ1) is 14.2. The van der Waals surface area contributed by atoms with Crippen LogP contribution in [-0.4, -0.2) is 68.9 Å². The Hall–Kier alpha value is -2.90. The van der Waals surface area contributed by atoms with Gasteiger partial charge in [-0.1, -0.05) is 17.3 Å². The van der Waals surface area contributed by atoms with E-state index in [4.69, 9.17) is 4.74 Å². The van der Waals surface area contributed by atoms with Gasteiger partial charge < -0.3 is 14.5 Å². The molecule has 4 rings (SSSR count). The molecular weight excluding hydrogens is 370 g/mol. The Labute approximate surface area is 170 Å². The van der Waals surface area contributed by atoms with Gasteiger partial charge in [0.05, 0.1) is 31.9 Å². The Morgan fingerprint density at radius 2 is 2.03 bits per heavy atom. The molecule has 0 bridgehead atoms. The fourth-order valence-corrected chi connectivity index (χ4v) is 4.47. The molecule has 154 valence electrons. The summed E-state index contributed by atoms with van der Waals surface area (Å²) in [6, 6.07) is 8.12. The van der Waals surface area contributed by atoms with Crippen LogP contribution < -0.4 is 4.74 Å². The summed E-state index contributed by atoms with van der Waals surface area (Å²) in [7, 11) is 1.65. The Kier molecular flexibility index (Phi) is 5.78. The number of ether oxygens (including phenoxy) is 1. The van der Waals surface area contributed by atoms with E-state index in [2.05, 4.69) is 10.3 Å². The lowest BCUT2D eigenvalue weighted by molar-refractivity contribution is -0.132. The molecule has 2 aliphatic heterocycles. The fraction of sp³-hybridized carbons (Fsp3) is 0.524. The number of aromatic nitrogens is 3. The molecule has 2 fully saturated rings. The number of amides is 2. The van der Waals surface area contributed by atoms with Crippen molar-refractivity contribution in [3.63, 3.8) is 0 Å². The van der Waals surface area contributed by atoms with E-state index in [1.54, 1.807) is 24.2 Å². The van der Waals surface area contributed by atoms with Crippen LogP contribution in [0.15, 0.2) is 36.7 Å². The normalized spacial score (nSPS) is 20.9. The van der Waals surface area contributed by atoms with Crippen LogP contribution in [0.5, 0.6) is 5.75 Å². The highest BCUT2D eigenvalue weighted by molar-refractivity contribution is 5.83. The summed E-state index contributed by atoms with van der Waals surface area (Å²) in [4.78, 5) is 29.2. The minimum Gasteiger partial charge on any atom is -0.497 e. The summed E-state index contributed by atoms with van der Waals surface area (Å²) >= 11 is 0. The lowest BCUT2D eigenvalue weighted by atomic mass is 10.1. The Balaban J connectivity index is 1.27. The van der Waals surface area contributed by atoms with Crippen molar-refractivity contribution in [1.29, 1.82) is 0 Å². The van der Waals surface area contributed by atoms with Gasteiger partial charge in [-0.25, -0.2) is 0 Å². The van der Waals surface area contributed by atoms with Crippen LogP contribution >= 0.6 is 0 Å². The van der Waals surface area contributed by atoms with Crippen LogP contribution in [0.2, 0.25) is 0 Å². The van der Waals surface area contributed by atoms with Crippen molar-refractivity contribution in [3.8, 4) is 5.75 Å². The molecule has 2 aromatic rings. The van der Waals surface area contributed by atoms with Crippen LogP contribution in [0.4, 0.5) is 0 Å². The molecule has 0 unspecified atom stereocenters. The molecule has 29 heavy (non-hydrogen) atoms. The molecule has 0 saturated carbocycles. The molecule has 3 heterocycles. The molecule has 1 aromatic carbocycles. The lowest BCUT2D eigenvalue weighted by Gasteiger charge is -2.25. The molecule has 8 heteroatoms. The number of methoxy groups -OCH3 is 1. The summed E-state index contributed by atoms with van der Waals surface area (Å²) in [6.45, 7) is 1.98. The number of aryl methyl sites for hydroxylation is 1. The highest BCUT2D eigenvalue weighted by Crippen LogP contribution is 2.33. The number of rotatable bonds is 8. The summed E-state index contributed by atoms with van der Waals surface area (Å²) in [5.74, 6) is 1.14. The number of carbonyl (C=O) groups is 2. The number of benzene rings is 1.